The zero-order valence-electron chi connectivity index (χ0n) is 15.8. The van der Waals surface area contributed by atoms with E-state index in [2.05, 4.69) is 15.6 Å². The van der Waals surface area contributed by atoms with E-state index in [0.29, 0.717) is 0 Å². The van der Waals surface area contributed by atoms with Crippen LogP contribution in [-0.4, -0.2) is 50.6 Å². The van der Waals surface area contributed by atoms with Crippen molar-refractivity contribution in [2.45, 2.75) is 38.7 Å². The number of carbonyl (C=O) groups excluding carboxylic acids is 2. The van der Waals surface area contributed by atoms with Crippen LogP contribution in [0.15, 0.2) is 18.2 Å². The van der Waals surface area contributed by atoms with E-state index in [1.807, 2.05) is 0 Å². The highest BCUT2D eigenvalue weighted by Gasteiger charge is 2.39. The van der Waals surface area contributed by atoms with Crippen LogP contribution in [0.2, 0.25) is 0 Å². The fourth-order valence-electron chi connectivity index (χ4n) is 2.91. The summed E-state index contributed by atoms with van der Waals surface area (Å²) in [5, 5.41) is 11.7. The molecule has 30 heavy (non-hydrogen) atoms. The van der Waals surface area contributed by atoms with Gasteiger partial charge in [0.05, 0.1) is 18.3 Å². The van der Waals surface area contributed by atoms with Crippen LogP contribution in [0.25, 0.3) is 0 Å². The van der Waals surface area contributed by atoms with Crippen molar-refractivity contribution in [1.82, 2.24) is 25.2 Å². The first-order valence-electron chi connectivity index (χ1n) is 8.80. The minimum Gasteiger partial charge on any atom is -0.339 e. The van der Waals surface area contributed by atoms with E-state index in [9.17, 15) is 31.5 Å². The van der Waals surface area contributed by atoms with Crippen molar-refractivity contribution in [2.24, 2.45) is 0 Å². The number of rotatable bonds is 3. The van der Waals surface area contributed by atoms with Gasteiger partial charge in [-0.1, -0.05) is 5.21 Å². The number of aromatic nitrogens is 3. The monoisotopic (exact) mass is 432 g/mol. The number of anilines is 1. The predicted molar refractivity (Wildman–Crippen MR) is 93.5 cm³/mol. The van der Waals surface area contributed by atoms with Crippen LogP contribution in [-0.2, 0) is 6.54 Å². The number of amides is 3. The summed E-state index contributed by atoms with van der Waals surface area (Å²) in [7, 11) is 0. The molecular formula is C17H17F5N6O2. The Balaban J connectivity index is 1.77. The molecule has 2 atom stereocenters. The summed E-state index contributed by atoms with van der Waals surface area (Å²) in [6.45, 7) is 2.44. The van der Waals surface area contributed by atoms with Crippen LogP contribution in [0.3, 0.4) is 0 Å². The molecule has 1 aliphatic rings. The lowest BCUT2D eigenvalue weighted by atomic mass is 10.1. The van der Waals surface area contributed by atoms with Gasteiger partial charge in [-0.05, 0) is 26.0 Å². The topological polar surface area (TPSA) is 92.2 Å². The summed E-state index contributed by atoms with van der Waals surface area (Å²) in [4.78, 5) is 26.0. The number of nitrogens with one attached hydrogen (secondary N) is 2. The van der Waals surface area contributed by atoms with Gasteiger partial charge in [0.1, 0.15) is 6.04 Å². The Morgan fingerprint density at radius 2 is 1.93 bits per heavy atom. The van der Waals surface area contributed by atoms with Gasteiger partial charge in [-0.15, -0.1) is 5.10 Å². The van der Waals surface area contributed by atoms with Gasteiger partial charge in [0, 0.05) is 18.3 Å². The third kappa shape index (κ3) is 4.33. The van der Waals surface area contributed by atoms with Gasteiger partial charge in [0.15, 0.2) is 17.3 Å². The first kappa shape index (κ1) is 21.5. The van der Waals surface area contributed by atoms with Gasteiger partial charge >= 0.3 is 12.2 Å². The second-order valence-electron chi connectivity index (χ2n) is 6.85. The Morgan fingerprint density at radius 3 is 2.57 bits per heavy atom. The molecule has 1 aromatic carbocycles. The minimum atomic E-state index is -4.63. The fourth-order valence-corrected chi connectivity index (χ4v) is 2.91. The third-order valence-electron chi connectivity index (χ3n) is 4.55. The highest BCUT2D eigenvalue weighted by atomic mass is 19.4. The lowest BCUT2D eigenvalue weighted by Gasteiger charge is -2.32. The van der Waals surface area contributed by atoms with E-state index in [4.69, 9.17) is 0 Å². The molecular weight excluding hydrogens is 415 g/mol. The normalized spacial score (nSPS) is 17.3. The van der Waals surface area contributed by atoms with Crippen LogP contribution in [0.4, 0.5) is 32.4 Å². The molecule has 0 radical (unpaired) electrons. The highest BCUT2D eigenvalue weighted by molar-refractivity contribution is 5.94. The highest BCUT2D eigenvalue weighted by Crippen LogP contribution is 2.24. The first-order valence-corrected chi connectivity index (χ1v) is 8.80. The van der Waals surface area contributed by atoms with E-state index in [1.54, 1.807) is 12.2 Å². The molecule has 2 aromatic rings. The van der Waals surface area contributed by atoms with Gasteiger partial charge in [-0.3, -0.25) is 4.79 Å². The second kappa shape index (κ2) is 7.88. The van der Waals surface area contributed by atoms with Crippen molar-refractivity contribution in [3.63, 3.8) is 0 Å². The molecule has 2 N–H and O–H groups in total. The Morgan fingerprint density at radius 1 is 1.23 bits per heavy atom. The molecule has 162 valence electrons. The smallest absolute Gasteiger partial charge is 0.339 e. The number of halogens is 5. The quantitative estimate of drug-likeness (QED) is 0.730. The van der Waals surface area contributed by atoms with Gasteiger partial charge in [0.25, 0.3) is 5.91 Å². The summed E-state index contributed by atoms with van der Waals surface area (Å²) in [5.74, 6) is -3.28. The number of nitrogens with zero attached hydrogens (tertiary/aromatic N) is 4. The summed E-state index contributed by atoms with van der Waals surface area (Å²) in [6, 6.07) is -0.367. The third-order valence-corrected chi connectivity index (χ3v) is 4.55. The molecule has 0 saturated carbocycles. The molecule has 13 heteroatoms. The predicted octanol–water partition coefficient (Wildman–Crippen LogP) is 2.85. The summed E-state index contributed by atoms with van der Waals surface area (Å²) >= 11 is 0. The van der Waals surface area contributed by atoms with Gasteiger partial charge in [0.2, 0.25) is 0 Å². The SMILES string of the molecule is C[C@@H]1CN(C(=O)Nc2ccc(F)c(F)c2)Cc2c(C(=O)N[C@H](C)C(F)(F)F)nnn21. The number of hydrogen-bond acceptors (Lipinski definition) is 4. The lowest BCUT2D eigenvalue weighted by Crippen LogP contribution is -2.45. The van der Waals surface area contributed by atoms with Crippen LogP contribution in [0, 0.1) is 11.6 Å². The largest absolute Gasteiger partial charge is 0.408 e. The van der Waals surface area contributed by atoms with Gasteiger partial charge < -0.3 is 15.5 Å². The van der Waals surface area contributed by atoms with Crippen LogP contribution in [0.1, 0.15) is 36.1 Å². The van der Waals surface area contributed by atoms with Crippen molar-refractivity contribution in [1.29, 1.82) is 0 Å². The van der Waals surface area contributed by atoms with Crippen molar-refractivity contribution in [3.8, 4) is 0 Å². The molecule has 0 spiro atoms. The molecule has 2 heterocycles. The molecule has 1 aromatic heterocycles. The van der Waals surface area contributed by atoms with Crippen molar-refractivity contribution in [2.75, 3.05) is 11.9 Å². The number of urea groups is 1. The maximum atomic E-state index is 13.3. The second-order valence-corrected chi connectivity index (χ2v) is 6.85. The van der Waals surface area contributed by atoms with Gasteiger partial charge in [-0.25, -0.2) is 18.3 Å². The molecule has 0 unspecified atom stereocenters. The standard InChI is InChI=1S/C17H17F5N6O2/c1-8-6-27(16(30)24-10-3-4-11(18)12(19)5-10)7-13-14(25-26-28(8)13)15(29)23-9(2)17(20,21)22/h3-5,8-9H,6-7H2,1-2H3,(H,23,29)(H,24,30)/t8-,9-/m1/s1. The van der Waals surface area contributed by atoms with E-state index in [-0.39, 0.29) is 30.2 Å². The Bertz CT molecular complexity index is 976. The van der Waals surface area contributed by atoms with E-state index < -0.39 is 41.8 Å². The van der Waals surface area contributed by atoms with Crippen molar-refractivity contribution >= 4 is 17.6 Å². The van der Waals surface area contributed by atoms with E-state index in [1.165, 1.54) is 15.6 Å². The molecule has 8 nitrogen and oxygen atoms in total. The molecule has 1 aliphatic heterocycles. The average molecular weight is 432 g/mol. The Hall–Kier alpha value is -3.25. The zero-order chi connectivity index (χ0) is 22.2. The first-order chi connectivity index (χ1) is 14.0. The number of carbonyl (C=O) groups is 2. The molecule has 3 amide bonds. The maximum Gasteiger partial charge on any atom is 0.408 e. The Kier molecular flexibility index (Phi) is 5.63. The fraction of sp³-hybridized carbons (Fsp3) is 0.412. The number of hydrogen-bond donors (Lipinski definition) is 2. The Labute approximate surface area is 167 Å². The van der Waals surface area contributed by atoms with Crippen LogP contribution >= 0.6 is 0 Å². The van der Waals surface area contributed by atoms with Gasteiger partial charge in [-0.2, -0.15) is 13.2 Å². The summed E-state index contributed by atoms with van der Waals surface area (Å²) < 4.78 is 65.9. The molecule has 0 aliphatic carbocycles. The van der Waals surface area contributed by atoms with Crippen LogP contribution in [0.5, 0.6) is 0 Å². The number of benzene rings is 1. The minimum absolute atomic E-state index is 0.0146. The molecule has 3 rings (SSSR count). The average Bonchev–Trinajstić information content (AvgIpc) is 3.08. The van der Waals surface area contributed by atoms with E-state index >= 15 is 0 Å². The van der Waals surface area contributed by atoms with Crippen LogP contribution < -0.4 is 10.6 Å². The maximum absolute atomic E-state index is 13.3. The summed E-state index contributed by atoms with van der Waals surface area (Å²) in [6.07, 6.45) is -4.63. The van der Waals surface area contributed by atoms with E-state index in [0.717, 1.165) is 19.1 Å². The number of fused-ring (bicyclic) bond motifs is 1. The summed E-state index contributed by atoms with van der Waals surface area (Å²) in [5.41, 5.74) is -0.162. The lowest BCUT2D eigenvalue weighted by molar-refractivity contribution is -0.149. The van der Waals surface area contributed by atoms with Crippen molar-refractivity contribution in [3.05, 3.63) is 41.2 Å². The number of alkyl halides is 3. The molecule has 0 bridgehead atoms. The zero-order valence-corrected chi connectivity index (χ0v) is 15.8. The molecule has 0 fully saturated rings. The van der Waals surface area contributed by atoms with Crippen molar-refractivity contribution < 1.29 is 31.5 Å². The molecule has 0 saturated heterocycles.